The van der Waals surface area contributed by atoms with E-state index in [0.29, 0.717) is 34.3 Å². The van der Waals surface area contributed by atoms with E-state index in [1.807, 2.05) is 25.1 Å². The summed E-state index contributed by atoms with van der Waals surface area (Å²) in [6.07, 6.45) is 1.63. The SMILES string of the molecule is CCOc1ccc(/C=C2\SC(=O)N(CCNC(=O)COc3ccccc3)C2=O)cc1OC. The van der Waals surface area contributed by atoms with Gasteiger partial charge in [-0.25, -0.2) is 0 Å². The third kappa shape index (κ3) is 6.04. The molecule has 8 nitrogen and oxygen atoms in total. The Balaban J connectivity index is 1.53. The van der Waals surface area contributed by atoms with E-state index < -0.39 is 5.91 Å². The first-order valence-electron chi connectivity index (χ1n) is 10.0. The van der Waals surface area contributed by atoms with Gasteiger partial charge in [0.25, 0.3) is 17.1 Å². The monoisotopic (exact) mass is 456 g/mol. The van der Waals surface area contributed by atoms with Crippen LogP contribution in [0.3, 0.4) is 0 Å². The maximum Gasteiger partial charge on any atom is 0.293 e. The Morgan fingerprint density at radius 2 is 1.88 bits per heavy atom. The molecule has 0 aliphatic carbocycles. The molecule has 9 heteroatoms. The molecule has 0 radical (unpaired) electrons. The quantitative estimate of drug-likeness (QED) is 0.548. The van der Waals surface area contributed by atoms with E-state index in [2.05, 4.69) is 5.32 Å². The molecule has 1 fully saturated rings. The molecule has 1 aliphatic heterocycles. The first-order chi connectivity index (χ1) is 15.5. The average molecular weight is 457 g/mol. The molecule has 32 heavy (non-hydrogen) atoms. The molecular formula is C23H24N2O6S. The molecule has 0 unspecified atom stereocenters. The van der Waals surface area contributed by atoms with Crippen LogP contribution in [0.5, 0.6) is 17.2 Å². The summed E-state index contributed by atoms with van der Waals surface area (Å²) >= 11 is 0.860. The van der Waals surface area contributed by atoms with Crippen LogP contribution in [0.2, 0.25) is 0 Å². The maximum absolute atomic E-state index is 12.7. The van der Waals surface area contributed by atoms with E-state index in [1.54, 1.807) is 36.4 Å². The number of amides is 3. The highest BCUT2D eigenvalue weighted by Gasteiger charge is 2.34. The molecule has 3 amide bonds. The maximum atomic E-state index is 12.7. The Morgan fingerprint density at radius 3 is 2.59 bits per heavy atom. The standard InChI is InChI=1S/C23H24N2O6S/c1-3-30-18-10-9-16(13-19(18)29-2)14-20-22(27)25(23(28)32-20)12-11-24-21(26)15-31-17-7-5-4-6-8-17/h4-10,13-14H,3,11-12,15H2,1-2H3,(H,24,26)/b20-14-. The zero-order valence-corrected chi connectivity index (χ0v) is 18.6. The third-order valence-corrected chi connectivity index (χ3v) is 5.34. The summed E-state index contributed by atoms with van der Waals surface area (Å²) in [6, 6.07) is 14.3. The number of imide groups is 1. The highest BCUT2D eigenvalue weighted by molar-refractivity contribution is 8.18. The van der Waals surface area contributed by atoms with Crippen molar-refractivity contribution in [1.29, 1.82) is 0 Å². The van der Waals surface area contributed by atoms with Crippen molar-refractivity contribution in [3.8, 4) is 17.2 Å². The molecular weight excluding hydrogens is 432 g/mol. The van der Waals surface area contributed by atoms with Gasteiger partial charge in [0, 0.05) is 13.1 Å². The largest absolute Gasteiger partial charge is 0.493 e. The van der Waals surface area contributed by atoms with Crippen molar-refractivity contribution in [3.63, 3.8) is 0 Å². The van der Waals surface area contributed by atoms with Gasteiger partial charge >= 0.3 is 0 Å². The van der Waals surface area contributed by atoms with Crippen molar-refractivity contribution in [1.82, 2.24) is 10.2 Å². The summed E-state index contributed by atoms with van der Waals surface area (Å²) < 4.78 is 16.2. The van der Waals surface area contributed by atoms with Crippen LogP contribution in [-0.2, 0) is 9.59 Å². The van der Waals surface area contributed by atoms with Gasteiger partial charge in [0.2, 0.25) is 0 Å². The molecule has 0 bridgehead atoms. The zero-order valence-electron chi connectivity index (χ0n) is 17.8. The average Bonchev–Trinajstić information content (AvgIpc) is 3.06. The molecule has 168 valence electrons. The van der Waals surface area contributed by atoms with E-state index >= 15 is 0 Å². The van der Waals surface area contributed by atoms with Crippen molar-refractivity contribution < 1.29 is 28.6 Å². The first kappa shape index (κ1) is 23.2. The minimum atomic E-state index is -0.400. The van der Waals surface area contributed by atoms with Gasteiger partial charge in [-0.05, 0) is 54.6 Å². The van der Waals surface area contributed by atoms with Gasteiger partial charge in [0.05, 0.1) is 18.6 Å². The summed E-state index contributed by atoms with van der Waals surface area (Å²) in [7, 11) is 1.54. The number of carbonyl (C=O) groups excluding carboxylic acids is 3. The predicted molar refractivity (Wildman–Crippen MR) is 122 cm³/mol. The molecule has 0 spiro atoms. The van der Waals surface area contributed by atoms with Crippen molar-refractivity contribution in [2.75, 3.05) is 33.4 Å². The first-order valence-corrected chi connectivity index (χ1v) is 10.8. The summed E-state index contributed by atoms with van der Waals surface area (Å²) in [5.74, 6) is 0.998. The minimum absolute atomic E-state index is 0.0751. The number of benzene rings is 2. The zero-order chi connectivity index (χ0) is 22.9. The van der Waals surface area contributed by atoms with Gasteiger partial charge in [0.15, 0.2) is 18.1 Å². The normalized spacial score (nSPS) is 14.6. The molecule has 1 heterocycles. The van der Waals surface area contributed by atoms with Crippen LogP contribution in [0, 0.1) is 0 Å². The highest BCUT2D eigenvalue weighted by Crippen LogP contribution is 2.34. The minimum Gasteiger partial charge on any atom is -0.493 e. The van der Waals surface area contributed by atoms with E-state index in [1.165, 1.54) is 7.11 Å². The number of para-hydroxylation sites is 1. The van der Waals surface area contributed by atoms with Crippen LogP contribution in [0.1, 0.15) is 12.5 Å². The van der Waals surface area contributed by atoms with Crippen molar-refractivity contribution in [2.45, 2.75) is 6.92 Å². The number of rotatable bonds is 10. The molecule has 1 saturated heterocycles. The van der Waals surface area contributed by atoms with Crippen LogP contribution in [0.4, 0.5) is 4.79 Å². The topological polar surface area (TPSA) is 94.2 Å². The predicted octanol–water partition coefficient (Wildman–Crippen LogP) is 3.33. The number of nitrogens with zero attached hydrogens (tertiary/aromatic N) is 1. The Labute approximate surface area is 190 Å². The molecule has 1 N–H and O–H groups in total. The Kier molecular flexibility index (Phi) is 8.15. The number of nitrogens with one attached hydrogen (secondary N) is 1. The van der Waals surface area contributed by atoms with Gasteiger partial charge in [0.1, 0.15) is 5.75 Å². The molecule has 0 aromatic heterocycles. The lowest BCUT2D eigenvalue weighted by Gasteiger charge is -2.13. The van der Waals surface area contributed by atoms with Crippen LogP contribution in [0.25, 0.3) is 6.08 Å². The molecule has 0 atom stereocenters. The summed E-state index contributed by atoms with van der Waals surface area (Å²) in [5, 5.41) is 2.27. The molecule has 2 aromatic rings. The lowest BCUT2D eigenvalue weighted by Crippen LogP contribution is -2.38. The Morgan fingerprint density at radius 1 is 1.09 bits per heavy atom. The molecule has 0 saturated carbocycles. The summed E-state index contributed by atoms with van der Waals surface area (Å²) in [4.78, 5) is 38.3. The third-order valence-electron chi connectivity index (χ3n) is 4.43. The fourth-order valence-corrected chi connectivity index (χ4v) is 3.78. The van der Waals surface area contributed by atoms with Crippen molar-refractivity contribution >= 4 is 34.9 Å². The van der Waals surface area contributed by atoms with Crippen molar-refractivity contribution in [2.24, 2.45) is 0 Å². The van der Waals surface area contributed by atoms with Gasteiger partial charge < -0.3 is 19.5 Å². The lowest BCUT2D eigenvalue weighted by molar-refractivity contribution is -0.125. The number of hydrogen-bond acceptors (Lipinski definition) is 7. The van der Waals surface area contributed by atoms with E-state index in [9.17, 15) is 14.4 Å². The number of ether oxygens (including phenoxy) is 3. The van der Waals surface area contributed by atoms with Gasteiger partial charge in [-0.3, -0.25) is 19.3 Å². The smallest absolute Gasteiger partial charge is 0.293 e. The molecule has 1 aliphatic rings. The van der Waals surface area contributed by atoms with Crippen LogP contribution in [0.15, 0.2) is 53.4 Å². The van der Waals surface area contributed by atoms with Gasteiger partial charge in [-0.2, -0.15) is 0 Å². The number of thioether (sulfide) groups is 1. The van der Waals surface area contributed by atoms with Gasteiger partial charge in [-0.1, -0.05) is 24.3 Å². The van der Waals surface area contributed by atoms with E-state index in [4.69, 9.17) is 14.2 Å². The van der Waals surface area contributed by atoms with Crippen molar-refractivity contribution in [3.05, 3.63) is 59.0 Å². The number of carbonyl (C=O) groups is 3. The van der Waals surface area contributed by atoms with Crippen LogP contribution >= 0.6 is 11.8 Å². The fraction of sp³-hybridized carbons (Fsp3) is 0.261. The van der Waals surface area contributed by atoms with Gasteiger partial charge in [-0.15, -0.1) is 0 Å². The fourth-order valence-electron chi connectivity index (χ4n) is 2.92. The summed E-state index contributed by atoms with van der Waals surface area (Å²) in [5.41, 5.74) is 0.710. The lowest BCUT2D eigenvalue weighted by atomic mass is 10.2. The Hall–Kier alpha value is -3.46. The molecule has 3 rings (SSSR count). The highest BCUT2D eigenvalue weighted by atomic mass is 32.2. The molecule has 2 aromatic carbocycles. The summed E-state index contributed by atoms with van der Waals surface area (Å²) in [6.45, 7) is 2.45. The second kappa shape index (κ2) is 11.2. The van der Waals surface area contributed by atoms with E-state index in [-0.39, 0.29) is 30.8 Å². The second-order valence-corrected chi connectivity index (χ2v) is 7.62. The number of methoxy groups -OCH3 is 1. The van der Waals surface area contributed by atoms with Crippen LogP contribution < -0.4 is 19.5 Å². The number of hydrogen-bond donors (Lipinski definition) is 1. The van der Waals surface area contributed by atoms with E-state index in [0.717, 1.165) is 16.7 Å². The second-order valence-electron chi connectivity index (χ2n) is 6.63. The van der Waals surface area contributed by atoms with Crippen LogP contribution in [-0.4, -0.2) is 55.4 Å². The Bertz CT molecular complexity index is 1010.